The molecular formula is C25H27N3O3. The quantitative estimate of drug-likeness (QED) is 0.726. The lowest BCUT2D eigenvalue weighted by atomic mass is 10.1. The van der Waals surface area contributed by atoms with Gasteiger partial charge in [0, 0.05) is 49.4 Å². The molecule has 0 bridgehead atoms. The predicted molar refractivity (Wildman–Crippen MR) is 119 cm³/mol. The molecule has 0 aromatic heterocycles. The largest absolute Gasteiger partial charge is 0.339 e. The van der Waals surface area contributed by atoms with Gasteiger partial charge in [-0.05, 0) is 24.5 Å². The molecule has 6 heteroatoms. The molecule has 1 fully saturated rings. The van der Waals surface area contributed by atoms with Crippen molar-refractivity contribution in [1.29, 1.82) is 0 Å². The highest BCUT2D eigenvalue weighted by molar-refractivity contribution is 6.10. The van der Waals surface area contributed by atoms with E-state index in [1.807, 2.05) is 41.3 Å². The van der Waals surface area contributed by atoms with Crippen LogP contribution in [-0.4, -0.2) is 65.1 Å². The van der Waals surface area contributed by atoms with Crippen LogP contribution in [0.3, 0.4) is 0 Å². The van der Waals surface area contributed by atoms with Crippen molar-refractivity contribution in [3.8, 4) is 0 Å². The van der Waals surface area contributed by atoms with Gasteiger partial charge in [0.2, 0.25) is 11.8 Å². The van der Waals surface area contributed by atoms with Crippen molar-refractivity contribution >= 4 is 23.4 Å². The summed E-state index contributed by atoms with van der Waals surface area (Å²) in [4.78, 5) is 42.9. The van der Waals surface area contributed by atoms with Crippen LogP contribution in [0.4, 0.5) is 0 Å². The molecule has 0 atom stereocenters. The van der Waals surface area contributed by atoms with Crippen LogP contribution in [0, 0.1) is 0 Å². The van der Waals surface area contributed by atoms with Crippen LogP contribution in [0.5, 0.6) is 0 Å². The zero-order chi connectivity index (χ0) is 21.8. The topological polar surface area (TPSA) is 60.9 Å². The summed E-state index contributed by atoms with van der Waals surface area (Å²) in [7, 11) is 0. The highest BCUT2D eigenvalue weighted by Crippen LogP contribution is 2.30. The fourth-order valence-electron chi connectivity index (χ4n) is 4.19. The maximum Gasteiger partial charge on any atom is 0.259 e. The van der Waals surface area contributed by atoms with Crippen molar-refractivity contribution in [1.82, 2.24) is 14.7 Å². The number of amides is 3. The third kappa shape index (κ3) is 4.53. The molecule has 1 saturated heterocycles. The Morgan fingerprint density at radius 3 is 2.03 bits per heavy atom. The van der Waals surface area contributed by atoms with Gasteiger partial charge >= 0.3 is 0 Å². The first-order chi connectivity index (χ1) is 15.0. The van der Waals surface area contributed by atoms with Crippen LogP contribution in [-0.2, 0) is 16.0 Å². The van der Waals surface area contributed by atoms with Gasteiger partial charge < -0.3 is 9.80 Å². The first kappa shape index (κ1) is 20.8. The highest BCUT2D eigenvalue weighted by Gasteiger charge is 2.33. The van der Waals surface area contributed by atoms with Crippen LogP contribution < -0.4 is 0 Å². The molecule has 4 rings (SSSR count). The zero-order valence-electron chi connectivity index (χ0n) is 17.6. The Morgan fingerprint density at radius 1 is 0.806 bits per heavy atom. The van der Waals surface area contributed by atoms with Crippen LogP contribution >= 0.6 is 0 Å². The number of piperazine rings is 1. The number of hydrogen-bond acceptors (Lipinski definition) is 3. The first-order valence-corrected chi connectivity index (χ1v) is 10.7. The zero-order valence-corrected chi connectivity index (χ0v) is 17.6. The smallest absolute Gasteiger partial charge is 0.259 e. The molecule has 0 unspecified atom stereocenters. The SMILES string of the molecule is C=C1c2ccccc2C(=O)N1CC(=O)N1CCN(C(=O)CCCc2ccccc2)CC1. The predicted octanol–water partition coefficient (Wildman–Crippen LogP) is 2.81. The summed E-state index contributed by atoms with van der Waals surface area (Å²) in [6.07, 6.45) is 2.23. The summed E-state index contributed by atoms with van der Waals surface area (Å²) < 4.78 is 0. The lowest BCUT2D eigenvalue weighted by Gasteiger charge is -2.35. The van der Waals surface area contributed by atoms with E-state index in [1.54, 1.807) is 11.0 Å². The number of carbonyl (C=O) groups is 3. The van der Waals surface area contributed by atoms with Gasteiger partial charge in [-0.15, -0.1) is 0 Å². The second kappa shape index (κ2) is 9.16. The Bertz CT molecular complexity index is 959. The van der Waals surface area contributed by atoms with Gasteiger partial charge in [-0.25, -0.2) is 0 Å². The minimum Gasteiger partial charge on any atom is -0.339 e. The molecule has 2 aliphatic heterocycles. The Labute approximate surface area is 182 Å². The number of benzene rings is 2. The molecule has 2 aliphatic rings. The number of carbonyl (C=O) groups excluding carboxylic acids is 3. The third-order valence-corrected chi connectivity index (χ3v) is 6.02. The van der Waals surface area contributed by atoms with Gasteiger partial charge in [-0.3, -0.25) is 19.3 Å². The molecule has 0 saturated carbocycles. The van der Waals surface area contributed by atoms with Crippen LogP contribution in [0.25, 0.3) is 5.70 Å². The maximum absolute atomic E-state index is 12.8. The summed E-state index contributed by atoms with van der Waals surface area (Å²) in [6, 6.07) is 17.4. The van der Waals surface area contributed by atoms with Gasteiger partial charge in [0.05, 0.1) is 0 Å². The van der Waals surface area contributed by atoms with Gasteiger partial charge in [-0.2, -0.15) is 0 Å². The van der Waals surface area contributed by atoms with Crippen LogP contribution in [0.15, 0.2) is 61.2 Å². The molecule has 6 nitrogen and oxygen atoms in total. The molecule has 3 amide bonds. The normalized spacial score (nSPS) is 15.9. The second-order valence-corrected chi connectivity index (χ2v) is 7.98. The Morgan fingerprint density at radius 2 is 1.39 bits per heavy atom. The first-order valence-electron chi connectivity index (χ1n) is 10.7. The standard InChI is InChI=1S/C25H27N3O3/c1-19-21-11-5-6-12-22(21)25(31)28(19)18-24(30)27-16-14-26(15-17-27)23(29)13-7-10-20-8-3-2-4-9-20/h2-6,8-9,11-12H,1,7,10,13-18H2. The number of aryl methyl sites for hydroxylation is 1. The molecule has 160 valence electrons. The van der Waals surface area contributed by atoms with Crippen molar-refractivity contribution in [3.63, 3.8) is 0 Å². The van der Waals surface area contributed by atoms with E-state index >= 15 is 0 Å². The van der Waals surface area contributed by atoms with E-state index in [1.165, 1.54) is 10.5 Å². The molecule has 2 aromatic rings. The minimum absolute atomic E-state index is 0.0165. The number of rotatable bonds is 6. The summed E-state index contributed by atoms with van der Waals surface area (Å²) >= 11 is 0. The average Bonchev–Trinajstić information content (AvgIpc) is 3.05. The number of nitrogens with zero attached hydrogens (tertiary/aromatic N) is 3. The fraction of sp³-hybridized carbons (Fsp3) is 0.320. The molecular weight excluding hydrogens is 390 g/mol. The lowest BCUT2D eigenvalue weighted by Crippen LogP contribution is -2.52. The van der Waals surface area contributed by atoms with Gasteiger partial charge in [0.15, 0.2) is 0 Å². The molecule has 0 radical (unpaired) electrons. The summed E-state index contributed by atoms with van der Waals surface area (Å²) in [5, 5.41) is 0. The summed E-state index contributed by atoms with van der Waals surface area (Å²) in [5.74, 6) is -0.152. The van der Waals surface area contributed by atoms with Crippen molar-refractivity contribution in [3.05, 3.63) is 77.9 Å². The molecule has 31 heavy (non-hydrogen) atoms. The number of fused-ring (bicyclic) bond motifs is 1. The Hall–Kier alpha value is -3.41. The van der Waals surface area contributed by atoms with E-state index in [0.717, 1.165) is 18.4 Å². The van der Waals surface area contributed by atoms with E-state index < -0.39 is 0 Å². The van der Waals surface area contributed by atoms with Crippen molar-refractivity contribution in [2.75, 3.05) is 32.7 Å². The minimum atomic E-state index is -0.179. The maximum atomic E-state index is 12.8. The monoisotopic (exact) mass is 417 g/mol. The molecule has 0 N–H and O–H groups in total. The van der Waals surface area contributed by atoms with E-state index in [9.17, 15) is 14.4 Å². The lowest BCUT2D eigenvalue weighted by molar-refractivity contribution is -0.139. The Kier molecular flexibility index (Phi) is 6.16. The highest BCUT2D eigenvalue weighted by atomic mass is 16.2. The third-order valence-electron chi connectivity index (χ3n) is 6.02. The van der Waals surface area contributed by atoms with Crippen molar-refractivity contribution in [2.24, 2.45) is 0 Å². The molecule has 2 heterocycles. The van der Waals surface area contributed by atoms with Crippen molar-refractivity contribution < 1.29 is 14.4 Å². The summed E-state index contributed by atoms with van der Waals surface area (Å²) in [6.45, 7) is 6.02. The molecule has 0 aliphatic carbocycles. The van der Waals surface area contributed by atoms with Gasteiger partial charge in [-0.1, -0.05) is 55.1 Å². The van der Waals surface area contributed by atoms with Gasteiger partial charge in [0.25, 0.3) is 5.91 Å². The number of hydrogen-bond donors (Lipinski definition) is 0. The van der Waals surface area contributed by atoms with Crippen LogP contribution in [0.2, 0.25) is 0 Å². The van der Waals surface area contributed by atoms with Crippen LogP contribution in [0.1, 0.15) is 34.3 Å². The summed E-state index contributed by atoms with van der Waals surface area (Å²) in [5.41, 5.74) is 3.18. The van der Waals surface area contributed by atoms with E-state index in [-0.39, 0.29) is 24.3 Å². The van der Waals surface area contributed by atoms with Gasteiger partial charge in [0.1, 0.15) is 6.54 Å². The Balaban J connectivity index is 1.23. The fourth-order valence-corrected chi connectivity index (χ4v) is 4.19. The van der Waals surface area contributed by atoms with Crippen molar-refractivity contribution in [2.45, 2.75) is 19.3 Å². The van der Waals surface area contributed by atoms with E-state index in [0.29, 0.717) is 43.9 Å². The average molecular weight is 418 g/mol. The van der Waals surface area contributed by atoms with E-state index in [2.05, 4.69) is 18.7 Å². The molecule has 2 aromatic carbocycles. The second-order valence-electron chi connectivity index (χ2n) is 7.98. The van der Waals surface area contributed by atoms with E-state index in [4.69, 9.17) is 0 Å². The molecule has 0 spiro atoms.